The van der Waals surface area contributed by atoms with Crippen molar-refractivity contribution < 1.29 is 9.59 Å². The Balaban J connectivity index is 1.59. The lowest BCUT2D eigenvalue weighted by Crippen LogP contribution is -2.20. The summed E-state index contributed by atoms with van der Waals surface area (Å²) in [4.78, 5) is 36.6. The number of aromatic nitrogens is 3. The first-order valence-corrected chi connectivity index (χ1v) is 8.98. The van der Waals surface area contributed by atoms with Gasteiger partial charge in [-0.2, -0.15) is 0 Å². The van der Waals surface area contributed by atoms with Gasteiger partial charge in [-0.25, -0.2) is 0 Å². The summed E-state index contributed by atoms with van der Waals surface area (Å²) in [6.45, 7) is 0. The van der Waals surface area contributed by atoms with Crippen LogP contribution in [0.2, 0.25) is 0 Å². The van der Waals surface area contributed by atoms with Crippen LogP contribution in [-0.2, 0) is 0 Å². The predicted octanol–water partition coefficient (Wildman–Crippen LogP) is 4.49. The van der Waals surface area contributed by atoms with Crippen molar-refractivity contribution in [3.8, 4) is 11.3 Å². The maximum atomic E-state index is 13.1. The highest BCUT2D eigenvalue weighted by atomic mass is 16.1. The Labute approximate surface area is 159 Å². The highest BCUT2D eigenvalue weighted by Crippen LogP contribution is 2.35. The highest BCUT2D eigenvalue weighted by molar-refractivity contribution is 6.32. The number of H-pyrrole nitrogens is 2. The van der Waals surface area contributed by atoms with E-state index in [1.165, 1.54) is 12.4 Å². The molecule has 132 valence electrons. The number of hydrogen-bond acceptors (Lipinski definition) is 3. The van der Waals surface area contributed by atoms with Gasteiger partial charge in [0, 0.05) is 45.5 Å². The van der Waals surface area contributed by atoms with Gasteiger partial charge in [0.25, 0.3) is 0 Å². The summed E-state index contributed by atoms with van der Waals surface area (Å²) in [6.07, 6.45) is 3.00. The predicted molar refractivity (Wildman–Crippen MR) is 107 cm³/mol. The van der Waals surface area contributed by atoms with E-state index in [0.717, 1.165) is 33.1 Å². The van der Waals surface area contributed by atoms with Crippen LogP contribution in [0.25, 0.3) is 33.1 Å². The number of pyridine rings is 1. The van der Waals surface area contributed by atoms with E-state index in [4.69, 9.17) is 0 Å². The summed E-state index contributed by atoms with van der Waals surface area (Å²) in [7, 11) is 0. The lowest BCUT2D eigenvalue weighted by Gasteiger charge is -2.13. The Bertz CT molecular complexity index is 1420. The van der Waals surface area contributed by atoms with E-state index in [1.54, 1.807) is 6.07 Å². The smallest absolute Gasteiger partial charge is 0.210 e. The second kappa shape index (κ2) is 5.27. The van der Waals surface area contributed by atoms with Gasteiger partial charge < -0.3 is 9.97 Å². The second-order valence-electron chi connectivity index (χ2n) is 6.99. The molecule has 0 spiro atoms. The maximum Gasteiger partial charge on any atom is 0.210 e. The van der Waals surface area contributed by atoms with Crippen LogP contribution in [0.15, 0.2) is 67.0 Å². The van der Waals surface area contributed by atoms with Crippen LogP contribution in [0, 0.1) is 0 Å². The minimum absolute atomic E-state index is 0.169. The summed E-state index contributed by atoms with van der Waals surface area (Å²) < 4.78 is 0. The standard InChI is InChI=1S/C23H13N3O2/c27-22-16-11-24-8-7-14(16)23(28)21-20(22)15-9-13(5-6-18(15)26-21)19-10-12-3-1-2-4-17(12)25-19/h1-11,25-26H. The number of carbonyl (C=O) groups is 2. The second-order valence-corrected chi connectivity index (χ2v) is 6.99. The number of benzene rings is 2. The summed E-state index contributed by atoms with van der Waals surface area (Å²) in [6, 6.07) is 17.6. The molecule has 28 heavy (non-hydrogen) atoms. The third-order valence-corrected chi connectivity index (χ3v) is 5.40. The van der Waals surface area contributed by atoms with E-state index < -0.39 is 0 Å². The molecule has 1 aliphatic rings. The van der Waals surface area contributed by atoms with Gasteiger partial charge in [0.15, 0.2) is 5.78 Å². The van der Waals surface area contributed by atoms with Crippen molar-refractivity contribution in [3.05, 3.63) is 89.4 Å². The average Bonchev–Trinajstić information content (AvgIpc) is 3.33. The van der Waals surface area contributed by atoms with Crippen molar-refractivity contribution in [2.24, 2.45) is 0 Å². The molecule has 5 heteroatoms. The first-order valence-electron chi connectivity index (χ1n) is 8.98. The van der Waals surface area contributed by atoms with Crippen LogP contribution in [0.1, 0.15) is 32.0 Å². The van der Waals surface area contributed by atoms with Crippen molar-refractivity contribution in [2.75, 3.05) is 0 Å². The summed E-state index contributed by atoms with van der Waals surface area (Å²) in [5.74, 6) is -0.340. The number of fused-ring (bicyclic) bond motifs is 5. The number of rotatable bonds is 1. The number of aromatic amines is 2. The first kappa shape index (κ1) is 15.1. The third-order valence-electron chi connectivity index (χ3n) is 5.40. The molecule has 2 aromatic carbocycles. The lowest BCUT2D eigenvalue weighted by molar-refractivity contribution is 0.0977. The fraction of sp³-hybridized carbons (Fsp3) is 0. The van der Waals surface area contributed by atoms with Crippen LogP contribution in [0.3, 0.4) is 0 Å². The zero-order valence-corrected chi connectivity index (χ0v) is 14.6. The number of ketones is 2. The Hall–Kier alpha value is -3.99. The van der Waals surface area contributed by atoms with Crippen LogP contribution in [0.5, 0.6) is 0 Å². The SMILES string of the molecule is O=C1c2ccncc2C(=O)c2c1[nH]c1ccc(-c3cc4ccccc4[nH]3)cc21. The maximum absolute atomic E-state index is 13.1. The highest BCUT2D eigenvalue weighted by Gasteiger charge is 2.33. The fourth-order valence-corrected chi connectivity index (χ4v) is 4.04. The molecule has 0 amide bonds. The molecule has 0 saturated carbocycles. The van der Waals surface area contributed by atoms with Gasteiger partial charge in [0.05, 0.1) is 16.8 Å². The minimum Gasteiger partial charge on any atom is -0.355 e. The zero-order chi connectivity index (χ0) is 18.8. The van der Waals surface area contributed by atoms with Gasteiger partial charge in [-0.1, -0.05) is 24.3 Å². The number of nitrogens with zero attached hydrogens (tertiary/aromatic N) is 1. The minimum atomic E-state index is -0.171. The quantitative estimate of drug-likeness (QED) is 0.452. The summed E-state index contributed by atoms with van der Waals surface area (Å²) >= 11 is 0. The van der Waals surface area contributed by atoms with Crippen LogP contribution in [0.4, 0.5) is 0 Å². The topological polar surface area (TPSA) is 78.6 Å². The Morgan fingerprint density at radius 1 is 0.786 bits per heavy atom. The van der Waals surface area contributed by atoms with E-state index in [9.17, 15) is 9.59 Å². The van der Waals surface area contributed by atoms with E-state index in [1.807, 2.05) is 36.4 Å². The molecular formula is C23H13N3O2. The molecule has 0 radical (unpaired) electrons. The third kappa shape index (κ3) is 1.93. The fourth-order valence-electron chi connectivity index (χ4n) is 4.04. The Morgan fingerprint density at radius 3 is 2.57 bits per heavy atom. The van der Waals surface area contributed by atoms with Crippen LogP contribution >= 0.6 is 0 Å². The van der Waals surface area contributed by atoms with Gasteiger partial charge >= 0.3 is 0 Å². The molecule has 0 bridgehead atoms. The molecule has 0 fully saturated rings. The van der Waals surface area contributed by atoms with Crippen molar-refractivity contribution in [1.29, 1.82) is 0 Å². The van der Waals surface area contributed by atoms with Gasteiger partial charge in [-0.05, 0) is 35.9 Å². The number of nitrogens with one attached hydrogen (secondary N) is 2. The monoisotopic (exact) mass is 363 g/mol. The molecule has 0 aliphatic heterocycles. The summed E-state index contributed by atoms with van der Waals surface area (Å²) in [5, 5.41) is 1.87. The number of para-hydroxylation sites is 1. The normalized spacial score (nSPS) is 13.1. The Morgan fingerprint density at radius 2 is 1.68 bits per heavy atom. The van der Waals surface area contributed by atoms with Crippen molar-refractivity contribution in [2.45, 2.75) is 0 Å². The molecular weight excluding hydrogens is 350 g/mol. The molecule has 3 aromatic heterocycles. The van der Waals surface area contributed by atoms with Gasteiger partial charge in [-0.15, -0.1) is 0 Å². The van der Waals surface area contributed by atoms with Crippen LogP contribution in [-0.4, -0.2) is 26.5 Å². The lowest BCUT2D eigenvalue weighted by atomic mass is 9.88. The number of carbonyl (C=O) groups excluding carboxylic acids is 2. The van der Waals surface area contributed by atoms with Gasteiger partial charge in [0.2, 0.25) is 5.78 Å². The van der Waals surface area contributed by atoms with Gasteiger partial charge in [0.1, 0.15) is 0 Å². The zero-order valence-electron chi connectivity index (χ0n) is 14.6. The molecule has 3 heterocycles. The van der Waals surface area contributed by atoms with E-state index in [2.05, 4.69) is 27.1 Å². The number of hydrogen-bond donors (Lipinski definition) is 2. The van der Waals surface area contributed by atoms with E-state index in [0.29, 0.717) is 22.4 Å². The molecule has 0 unspecified atom stereocenters. The Kier molecular flexibility index (Phi) is 2.84. The molecule has 5 nitrogen and oxygen atoms in total. The van der Waals surface area contributed by atoms with Crippen molar-refractivity contribution in [1.82, 2.24) is 15.0 Å². The molecule has 0 atom stereocenters. The molecule has 2 N–H and O–H groups in total. The molecule has 0 saturated heterocycles. The molecule has 5 aromatic rings. The van der Waals surface area contributed by atoms with Crippen LogP contribution < -0.4 is 0 Å². The average molecular weight is 363 g/mol. The van der Waals surface area contributed by atoms with Crippen molar-refractivity contribution >= 4 is 33.4 Å². The van der Waals surface area contributed by atoms with Gasteiger partial charge in [-0.3, -0.25) is 14.6 Å². The first-order chi connectivity index (χ1) is 13.7. The molecule has 6 rings (SSSR count). The molecule has 1 aliphatic carbocycles. The van der Waals surface area contributed by atoms with E-state index >= 15 is 0 Å². The van der Waals surface area contributed by atoms with Crippen molar-refractivity contribution in [3.63, 3.8) is 0 Å². The summed E-state index contributed by atoms with van der Waals surface area (Å²) in [5.41, 5.74) is 5.29. The van der Waals surface area contributed by atoms with E-state index in [-0.39, 0.29) is 11.6 Å². The largest absolute Gasteiger partial charge is 0.355 e.